The molecule has 0 aliphatic carbocycles. The first-order valence-electron chi connectivity index (χ1n) is 9.56. The Morgan fingerprint density at radius 2 is 1.86 bits per heavy atom. The van der Waals surface area contributed by atoms with Gasteiger partial charge in [0, 0.05) is 51.6 Å². The third-order valence-corrected chi connectivity index (χ3v) is 5.90. The number of hydrogen-bond acceptors (Lipinski definition) is 4. The normalized spacial score (nSPS) is 22.7. The van der Waals surface area contributed by atoms with Crippen LogP contribution in [0.2, 0.25) is 0 Å². The van der Waals surface area contributed by atoms with E-state index in [-0.39, 0.29) is 30.2 Å². The molecule has 8 nitrogen and oxygen atoms in total. The Hall–Kier alpha value is -3.16. The molecule has 8 heteroatoms. The molecular weight excluding hydrogens is 372 g/mol. The van der Waals surface area contributed by atoms with Crippen LogP contribution in [0.5, 0.6) is 0 Å². The zero-order valence-electron chi connectivity index (χ0n) is 16.9. The number of hydrogen-bond donors (Lipinski definition) is 1. The molecule has 4 rings (SSSR count). The van der Waals surface area contributed by atoms with E-state index in [0.29, 0.717) is 31.2 Å². The van der Waals surface area contributed by atoms with Gasteiger partial charge in [-0.2, -0.15) is 5.10 Å². The van der Waals surface area contributed by atoms with Crippen molar-refractivity contribution in [1.82, 2.24) is 19.6 Å². The molecule has 29 heavy (non-hydrogen) atoms. The Morgan fingerprint density at radius 3 is 2.45 bits per heavy atom. The van der Waals surface area contributed by atoms with E-state index in [2.05, 4.69) is 24.2 Å². The number of nitrogens with zero attached hydrogens (tertiary/aromatic N) is 4. The minimum absolute atomic E-state index is 0.0253. The molecule has 2 aliphatic rings. The smallest absolute Gasteiger partial charge is 0.290 e. The lowest BCUT2D eigenvalue weighted by Crippen LogP contribution is -2.37. The summed E-state index contributed by atoms with van der Waals surface area (Å²) in [4.78, 5) is 37.4. The number of carbonyl (C=O) groups is 3. The molecule has 1 aromatic heterocycles. The van der Waals surface area contributed by atoms with Crippen LogP contribution in [0.3, 0.4) is 0 Å². The van der Waals surface area contributed by atoms with E-state index in [4.69, 9.17) is 9.90 Å². The van der Waals surface area contributed by atoms with Crippen LogP contribution in [0.15, 0.2) is 36.5 Å². The fraction of sp³-hybridized carbons (Fsp3) is 0.429. The summed E-state index contributed by atoms with van der Waals surface area (Å²) in [5.41, 5.74) is 3.01. The first kappa shape index (κ1) is 20.6. The SMILES string of the molecule is CC(=O)N1C[C@H]2CN(C(=O)c3ccnn3C)C[C@H]2[C@@H]1c1ccccc1C.O=CO. The fourth-order valence-electron chi connectivity index (χ4n) is 4.60. The number of carboxylic acid groups (broad SMARTS) is 1. The molecule has 154 valence electrons. The Labute approximate surface area is 169 Å². The van der Waals surface area contributed by atoms with Crippen molar-refractivity contribution in [3.8, 4) is 0 Å². The maximum absolute atomic E-state index is 12.9. The summed E-state index contributed by atoms with van der Waals surface area (Å²) >= 11 is 0. The standard InChI is InChI=1S/C20H24N4O2.CH2O2/c1-13-6-4-5-7-16(13)19-17-12-23(10-15(17)11-24(19)14(2)25)20(26)18-8-9-21-22(18)3;2-1-3/h4-9,15,17,19H,10-12H2,1-3H3;1H,(H,2,3)/t15-,17-,19+;/m1./s1. The van der Waals surface area contributed by atoms with E-state index in [1.807, 2.05) is 21.9 Å². The van der Waals surface area contributed by atoms with Crippen LogP contribution in [0, 0.1) is 18.8 Å². The summed E-state index contributed by atoms with van der Waals surface area (Å²) < 4.78 is 1.62. The first-order valence-corrected chi connectivity index (χ1v) is 9.56. The average Bonchev–Trinajstić information content (AvgIpc) is 3.36. The van der Waals surface area contributed by atoms with Crippen molar-refractivity contribution in [2.24, 2.45) is 18.9 Å². The highest BCUT2D eigenvalue weighted by molar-refractivity contribution is 5.92. The molecule has 1 N–H and O–H groups in total. The second-order valence-electron chi connectivity index (χ2n) is 7.55. The molecule has 3 atom stereocenters. The quantitative estimate of drug-likeness (QED) is 0.777. The van der Waals surface area contributed by atoms with E-state index >= 15 is 0 Å². The van der Waals surface area contributed by atoms with Crippen LogP contribution in [-0.4, -0.2) is 62.6 Å². The molecule has 2 aromatic rings. The second kappa shape index (κ2) is 8.46. The number of amides is 2. The number of carbonyl (C=O) groups excluding carboxylic acids is 2. The zero-order chi connectivity index (χ0) is 21.1. The maximum Gasteiger partial charge on any atom is 0.290 e. The van der Waals surface area contributed by atoms with Gasteiger partial charge in [0.05, 0.1) is 6.04 Å². The highest BCUT2D eigenvalue weighted by Crippen LogP contribution is 2.45. The van der Waals surface area contributed by atoms with Gasteiger partial charge in [0.25, 0.3) is 12.4 Å². The second-order valence-corrected chi connectivity index (χ2v) is 7.55. The molecule has 1 aromatic carbocycles. The molecule has 0 bridgehead atoms. The number of aromatic nitrogens is 2. The summed E-state index contributed by atoms with van der Waals surface area (Å²) in [7, 11) is 1.79. The van der Waals surface area contributed by atoms with Crippen molar-refractivity contribution in [3.05, 3.63) is 53.3 Å². The van der Waals surface area contributed by atoms with Gasteiger partial charge >= 0.3 is 0 Å². The summed E-state index contributed by atoms with van der Waals surface area (Å²) in [5, 5.41) is 11.0. The monoisotopic (exact) mass is 398 g/mol. The van der Waals surface area contributed by atoms with Gasteiger partial charge in [-0.15, -0.1) is 0 Å². The Kier molecular flexibility index (Phi) is 6.00. The summed E-state index contributed by atoms with van der Waals surface area (Å²) in [5.74, 6) is 0.729. The van der Waals surface area contributed by atoms with Gasteiger partial charge in [-0.3, -0.25) is 19.1 Å². The van der Waals surface area contributed by atoms with Crippen LogP contribution in [0.25, 0.3) is 0 Å². The maximum atomic E-state index is 12.9. The minimum Gasteiger partial charge on any atom is -0.483 e. The van der Waals surface area contributed by atoms with Gasteiger partial charge in [0.15, 0.2) is 0 Å². The summed E-state index contributed by atoms with van der Waals surface area (Å²) in [6, 6.07) is 10.1. The minimum atomic E-state index is -0.250. The number of aryl methyl sites for hydroxylation is 2. The molecule has 0 unspecified atom stereocenters. The lowest BCUT2D eigenvalue weighted by atomic mass is 9.87. The largest absolute Gasteiger partial charge is 0.483 e. The first-order chi connectivity index (χ1) is 13.9. The number of benzene rings is 1. The lowest BCUT2D eigenvalue weighted by Gasteiger charge is -2.30. The molecule has 2 fully saturated rings. The van der Waals surface area contributed by atoms with Crippen molar-refractivity contribution >= 4 is 18.3 Å². The van der Waals surface area contributed by atoms with Crippen molar-refractivity contribution in [2.75, 3.05) is 19.6 Å². The summed E-state index contributed by atoms with van der Waals surface area (Å²) in [6.07, 6.45) is 1.65. The molecular formula is C21H26N4O4. The van der Waals surface area contributed by atoms with Crippen molar-refractivity contribution in [1.29, 1.82) is 0 Å². The third kappa shape index (κ3) is 3.87. The number of fused-ring (bicyclic) bond motifs is 1. The zero-order valence-corrected chi connectivity index (χ0v) is 16.9. The molecule has 0 radical (unpaired) electrons. The number of likely N-dealkylation sites (tertiary alicyclic amines) is 2. The molecule has 0 spiro atoms. The molecule has 2 amide bonds. The Morgan fingerprint density at radius 1 is 1.17 bits per heavy atom. The van der Waals surface area contributed by atoms with Gasteiger partial charge < -0.3 is 14.9 Å². The van der Waals surface area contributed by atoms with E-state index in [0.717, 1.165) is 0 Å². The van der Waals surface area contributed by atoms with Crippen LogP contribution >= 0.6 is 0 Å². The van der Waals surface area contributed by atoms with Gasteiger partial charge in [0.2, 0.25) is 5.91 Å². The van der Waals surface area contributed by atoms with Gasteiger partial charge in [-0.1, -0.05) is 24.3 Å². The molecule has 0 saturated carbocycles. The fourth-order valence-corrected chi connectivity index (χ4v) is 4.60. The van der Waals surface area contributed by atoms with Gasteiger partial charge in [-0.25, -0.2) is 0 Å². The van der Waals surface area contributed by atoms with E-state index in [9.17, 15) is 9.59 Å². The van der Waals surface area contributed by atoms with Crippen molar-refractivity contribution in [2.45, 2.75) is 19.9 Å². The third-order valence-electron chi connectivity index (χ3n) is 5.90. The van der Waals surface area contributed by atoms with E-state index in [1.165, 1.54) is 11.1 Å². The van der Waals surface area contributed by atoms with Crippen molar-refractivity contribution in [3.63, 3.8) is 0 Å². The Bertz CT molecular complexity index is 910. The Balaban J connectivity index is 0.000000755. The lowest BCUT2D eigenvalue weighted by molar-refractivity contribution is -0.130. The van der Waals surface area contributed by atoms with Crippen LogP contribution in [-0.2, 0) is 16.6 Å². The van der Waals surface area contributed by atoms with E-state index < -0.39 is 0 Å². The number of rotatable bonds is 2. The molecule has 2 saturated heterocycles. The van der Waals surface area contributed by atoms with Crippen LogP contribution < -0.4 is 0 Å². The predicted octanol–water partition coefficient (Wildman–Crippen LogP) is 1.72. The van der Waals surface area contributed by atoms with Gasteiger partial charge in [-0.05, 0) is 24.1 Å². The van der Waals surface area contributed by atoms with Gasteiger partial charge in [0.1, 0.15) is 5.69 Å². The topological polar surface area (TPSA) is 95.7 Å². The van der Waals surface area contributed by atoms with E-state index in [1.54, 1.807) is 30.9 Å². The molecule has 3 heterocycles. The molecule has 2 aliphatic heterocycles. The summed E-state index contributed by atoms with van der Waals surface area (Å²) in [6.45, 7) is 5.58. The van der Waals surface area contributed by atoms with Crippen LogP contribution in [0.1, 0.15) is 34.6 Å². The highest BCUT2D eigenvalue weighted by atomic mass is 16.3. The highest BCUT2D eigenvalue weighted by Gasteiger charge is 2.49. The average molecular weight is 398 g/mol. The predicted molar refractivity (Wildman–Crippen MR) is 106 cm³/mol. The van der Waals surface area contributed by atoms with Crippen molar-refractivity contribution < 1.29 is 19.5 Å². The van der Waals surface area contributed by atoms with Crippen LogP contribution in [0.4, 0.5) is 0 Å².